The zero-order valence-electron chi connectivity index (χ0n) is 10.9. The van der Waals surface area contributed by atoms with Gasteiger partial charge in [-0.15, -0.1) is 0 Å². The van der Waals surface area contributed by atoms with Crippen molar-refractivity contribution in [3.05, 3.63) is 30.3 Å². The maximum Gasteiger partial charge on any atom is 0.243 e. The molecule has 0 aliphatic carbocycles. The second-order valence-corrected chi connectivity index (χ2v) is 9.28. The normalized spacial score (nSPS) is 26.7. The van der Waals surface area contributed by atoms with E-state index in [0.29, 0.717) is 6.42 Å². The first-order chi connectivity index (χ1) is 8.67. The maximum absolute atomic E-state index is 12.5. The molecule has 0 spiro atoms. The molecule has 0 N–H and O–H groups in total. The minimum atomic E-state index is -3.66. The molecule has 1 atom stereocenters. The van der Waals surface area contributed by atoms with Gasteiger partial charge in [-0.05, 0) is 25.5 Å². The highest BCUT2D eigenvalue weighted by Gasteiger charge is 2.46. The van der Waals surface area contributed by atoms with E-state index in [2.05, 4.69) is 0 Å². The molecule has 19 heavy (non-hydrogen) atoms. The third-order valence-corrected chi connectivity index (χ3v) is 7.56. The van der Waals surface area contributed by atoms with Gasteiger partial charge in [0.15, 0.2) is 9.84 Å². The van der Waals surface area contributed by atoms with Crippen LogP contribution >= 0.6 is 0 Å². The van der Waals surface area contributed by atoms with Crippen LogP contribution in [0.2, 0.25) is 0 Å². The highest BCUT2D eigenvalue weighted by Crippen LogP contribution is 2.32. The maximum atomic E-state index is 12.5. The van der Waals surface area contributed by atoms with Crippen LogP contribution in [0.15, 0.2) is 35.2 Å². The molecule has 1 aromatic carbocycles. The lowest BCUT2D eigenvalue weighted by Gasteiger charge is -2.33. The average Bonchev–Trinajstić information content (AvgIpc) is 2.65. The minimum absolute atomic E-state index is 0.0398. The lowest BCUT2D eigenvalue weighted by atomic mass is 10.0. The van der Waals surface area contributed by atoms with Crippen molar-refractivity contribution in [2.24, 2.45) is 0 Å². The lowest BCUT2D eigenvalue weighted by Crippen LogP contribution is -2.48. The zero-order chi connectivity index (χ0) is 14.3. The van der Waals surface area contributed by atoms with Crippen LogP contribution in [0.5, 0.6) is 0 Å². The number of nitrogens with zero attached hydrogens (tertiary/aromatic N) is 1. The fourth-order valence-corrected chi connectivity index (χ4v) is 6.10. The van der Waals surface area contributed by atoms with Crippen molar-refractivity contribution >= 4 is 19.9 Å². The van der Waals surface area contributed by atoms with Gasteiger partial charge in [0.05, 0.1) is 16.4 Å². The quantitative estimate of drug-likeness (QED) is 0.831. The standard InChI is InChI=1S/C12H17NO4S2/c1-12(8-9-18(14,15)10-12)13(2)19(16,17)11-6-4-3-5-7-11/h3-7H,8-10H2,1-2H3/t12-/m0/s1. The summed E-state index contributed by atoms with van der Waals surface area (Å²) in [5.41, 5.74) is -0.868. The molecule has 1 heterocycles. The van der Waals surface area contributed by atoms with Crippen molar-refractivity contribution in [3.8, 4) is 0 Å². The molecule has 0 radical (unpaired) electrons. The molecule has 1 saturated heterocycles. The molecule has 106 valence electrons. The van der Waals surface area contributed by atoms with Crippen LogP contribution in [0.25, 0.3) is 0 Å². The molecule has 0 bridgehead atoms. The van der Waals surface area contributed by atoms with E-state index in [1.165, 1.54) is 23.5 Å². The van der Waals surface area contributed by atoms with E-state index in [0.717, 1.165) is 0 Å². The summed E-state index contributed by atoms with van der Waals surface area (Å²) in [7, 11) is -5.36. The van der Waals surface area contributed by atoms with Crippen LogP contribution in [-0.2, 0) is 19.9 Å². The molecular formula is C12H17NO4S2. The average molecular weight is 303 g/mol. The van der Waals surface area contributed by atoms with E-state index in [9.17, 15) is 16.8 Å². The van der Waals surface area contributed by atoms with E-state index in [1.54, 1.807) is 25.1 Å². The highest BCUT2D eigenvalue weighted by atomic mass is 32.2. The molecule has 0 saturated carbocycles. The summed E-state index contributed by atoms with van der Waals surface area (Å²) >= 11 is 0. The minimum Gasteiger partial charge on any atom is -0.229 e. The summed E-state index contributed by atoms with van der Waals surface area (Å²) in [6, 6.07) is 8.06. The summed E-state index contributed by atoms with van der Waals surface area (Å²) in [6.07, 6.45) is 0.331. The number of sulfone groups is 1. The molecule has 1 aliphatic heterocycles. The summed E-state index contributed by atoms with van der Waals surface area (Å²) in [5, 5.41) is 0. The fourth-order valence-electron chi connectivity index (χ4n) is 2.28. The number of rotatable bonds is 3. The van der Waals surface area contributed by atoms with Gasteiger partial charge in [0.25, 0.3) is 0 Å². The van der Waals surface area contributed by atoms with E-state index in [-0.39, 0.29) is 16.4 Å². The predicted octanol–water partition coefficient (Wildman–Crippen LogP) is 0.884. The van der Waals surface area contributed by atoms with Crippen molar-refractivity contribution in [3.63, 3.8) is 0 Å². The second-order valence-electron chi connectivity index (χ2n) is 5.12. The Hall–Kier alpha value is -0.920. The van der Waals surface area contributed by atoms with E-state index in [1.807, 2.05) is 0 Å². The van der Waals surface area contributed by atoms with E-state index in [4.69, 9.17) is 0 Å². The third kappa shape index (κ3) is 2.68. The van der Waals surface area contributed by atoms with Crippen LogP contribution in [0.4, 0.5) is 0 Å². The molecule has 1 aliphatic rings. The zero-order valence-corrected chi connectivity index (χ0v) is 12.5. The molecule has 1 aromatic rings. The van der Waals surface area contributed by atoms with Gasteiger partial charge in [-0.3, -0.25) is 0 Å². The van der Waals surface area contributed by atoms with Gasteiger partial charge in [-0.25, -0.2) is 16.8 Å². The third-order valence-electron chi connectivity index (χ3n) is 3.64. The van der Waals surface area contributed by atoms with Gasteiger partial charge in [-0.2, -0.15) is 4.31 Å². The van der Waals surface area contributed by atoms with Gasteiger partial charge in [-0.1, -0.05) is 18.2 Å². The van der Waals surface area contributed by atoms with Gasteiger partial charge in [0, 0.05) is 12.6 Å². The summed E-state index contributed by atoms with van der Waals surface area (Å²) in [6.45, 7) is 1.68. The Balaban J connectivity index is 2.38. The predicted molar refractivity (Wildman–Crippen MR) is 73.1 cm³/mol. The molecule has 1 fully saturated rings. The molecule has 2 rings (SSSR count). The van der Waals surface area contributed by atoms with Crippen LogP contribution in [0, 0.1) is 0 Å². The van der Waals surface area contributed by atoms with Crippen molar-refractivity contribution in [1.82, 2.24) is 4.31 Å². The first-order valence-corrected chi connectivity index (χ1v) is 9.18. The van der Waals surface area contributed by atoms with Crippen molar-refractivity contribution < 1.29 is 16.8 Å². The Morgan fingerprint density at radius 2 is 1.79 bits per heavy atom. The van der Waals surface area contributed by atoms with Gasteiger partial charge < -0.3 is 0 Å². The van der Waals surface area contributed by atoms with Gasteiger partial charge in [0.2, 0.25) is 10.0 Å². The summed E-state index contributed by atoms with van der Waals surface area (Å²) in [4.78, 5) is 0.183. The lowest BCUT2D eigenvalue weighted by molar-refractivity contribution is 0.272. The second kappa shape index (κ2) is 4.57. The summed E-state index contributed by atoms with van der Waals surface area (Å²) in [5.74, 6) is -0.0826. The number of hydrogen-bond donors (Lipinski definition) is 0. The van der Waals surface area contributed by atoms with Crippen molar-refractivity contribution in [2.45, 2.75) is 23.8 Å². The molecule has 7 heteroatoms. The van der Waals surface area contributed by atoms with Crippen LogP contribution in [-0.4, -0.2) is 45.2 Å². The topological polar surface area (TPSA) is 71.5 Å². The van der Waals surface area contributed by atoms with Gasteiger partial charge >= 0.3 is 0 Å². The van der Waals surface area contributed by atoms with Gasteiger partial charge in [0.1, 0.15) is 0 Å². The molecule has 0 unspecified atom stereocenters. The fraction of sp³-hybridized carbons (Fsp3) is 0.500. The Bertz CT molecular complexity index is 667. The monoisotopic (exact) mass is 303 g/mol. The van der Waals surface area contributed by atoms with E-state index < -0.39 is 25.4 Å². The van der Waals surface area contributed by atoms with Crippen molar-refractivity contribution in [1.29, 1.82) is 0 Å². The van der Waals surface area contributed by atoms with Crippen LogP contribution in [0.1, 0.15) is 13.3 Å². The SMILES string of the molecule is CN([C@@]1(C)CCS(=O)(=O)C1)S(=O)(=O)c1ccccc1. The van der Waals surface area contributed by atoms with Crippen LogP contribution < -0.4 is 0 Å². The van der Waals surface area contributed by atoms with E-state index >= 15 is 0 Å². The largest absolute Gasteiger partial charge is 0.243 e. The smallest absolute Gasteiger partial charge is 0.229 e. The van der Waals surface area contributed by atoms with Crippen molar-refractivity contribution in [2.75, 3.05) is 18.6 Å². The summed E-state index contributed by atoms with van der Waals surface area (Å²) < 4.78 is 49.3. The molecule has 0 aromatic heterocycles. The first-order valence-electron chi connectivity index (χ1n) is 5.92. The number of sulfonamides is 1. The molecular weight excluding hydrogens is 286 g/mol. The molecule has 0 amide bonds. The molecule has 5 nitrogen and oxygen atoms in total. The first kappa shape index (κ1) is 14.5. The highest BCUT2D eigenvalue weighted by molar-refractivity contribution is 7.92. The number of hydrogen-bond acceptors (Lipinski definition) is 4. The Labute approximate surface area is 114 Å². The Morgan fingerprint density at radius 3 is 2.26 bits per heavy atom. The Kier molecular flexibility index (Phi) is 3.49. The van der Waals surface area contributed by atoms with Crippen LogP contribution in [0.3, 0.4) is 0 Å². The number of benzene rings is 1. The Morgan fingerprint density at radius 1 is 1.21 bits per heavy atom.